The van der Waals surface area contributed by atoms with Gasteiger partial charge in [-0.3, -0.25) is 0 Å². The van der Waals surface area contributed by atoms with Crippen LogP contribution >= 0.6 is 0 Å². The maximum atomic E-state index is 8.66. The minimum atomic E-state index is -1.61. The molecule has 0 unspecified atom stereocenters. The normalized spacial score (nSPS) is 9.18. The molecule has 0 aromatic heterocycles. The Morgan fingerprint density at radius 1 is 0.647 bits per heavy atom. The SMILES string of the molecule is CCO.CCO.C[Si](C)(C)O.C[Si](C)(C)O.[Zr]. The summed E-state index contributed by atoms with van der Waals surface area (Å²) in [6.07, 6.45) is 0. The van der Waals surface area contributed by atoms with Gasteiger partial charge in [0.1, 0.15) is 0 Å². The number of aliphatic hydroxyl groups excluding tert-OH is 2. The largest absolute Gasteiger partial charge is 0.433 e. The Balaban J connectivity index is -0.0000000381. The van der Waals surface area contributed by atoms with Crippen LogP contribution in [0.25, 0.3) is 0 Å². The van der Waals surface area contributed by atoms with Crippen molar-refractivity contribution in [3.05, 3.63) is 0 Å². The Labute approximate surface area is 128 Å². The van der Waals surface area contributed by atoms with Crippen molar-refractivity contribution >= 4 is 16.6 Å². The summed E-state index contributed by atoms with van der Waals surface area (Å²) >= 11 is 0. The van der Waals surface area contributed by atoms with Crippen LogP contribution in [-0.2, 0) is 26.2 Å². The predicted octanol–water partition coefficient (Wildman–Crippen LogP) is 1.62. The van der Waals surface area contributed by atoms with Crippen molar-refractivity contribution in [2.75, 3.05) is 13.2 Å². The Kier molecular flexibility index (Phi) is 35.4. The number of hydrogen-bond donors (Lipinski definition) is 4. The molecule has 0 heterocycles. The molecule has 0 saturated heterocycles. The van der Waals surface area contributed by atoms with Gasteiger partial charge in [-0.25, -0.2) is 0 Å². The van der Waals surface area contributed by atoms with Gasteiger partial charge < -0.3 is 19.8 Å². The molecule has 0 fully saturated rings. The maximum Gasteiger partial charge on any atom is 0.179 e. The van der Waals surface area contributed by atoms with Crippen LogP contribution in [0.1, 0.15) is 13.8 Å². The molecule has 0 aromatic rings. The van der Waals surface area contributed by atoms with Gasteiger partial charge in [0.25, 0.3) is 0 Å². The minimum absolute atomic E-state index is 0. The van der Waals surface area contributed by atoms with E-state index in [4.69, 9.17) is 19.8 Å². The quantitative estimate of drug-likeness (QED) is 0.493. The first-order chi connectivity index (χ1) is 6.83. The summed E-state index contributed by atoms with van der Waals surface area (Å²) in [5.74, 6) is 0. The molecule has 0 bridgehead atoms. The second-order valence-corrected chi connectivity index (χ2v) is 13.7. The molecule has 0 spiro atoms. The third-order valence-electron chi connectivity index (χ3n) is 0. The maximum absolute atomic E-state index is 8.66. The van der Waals surface area contributed by atoms with E-state index in [2.05, 4.69) is 0 Å². The molecule has 0 amide bonds. The molecule has 0 saturated carbocycles. The van der Waals surface area contributed by atoms with Crippen molar-refractivity contribution in [1.29, 1.82) is 0 Å². The van der Waals surface area contributed by atoms with Crippen LogP contribution in [0.4, 0.5) is 0 Å². The Morgan fingerprint density at radius 3 is 0.647 bits per heavy atom. The van der Waals surface area contributed by atoms with Crippen molar-refractivity contribution in [3.63, 3.8) is 0 Å². The molecule has 4 N–H and O–H groups in total. The van der Waals surface area contributed by atoms with E-state index in [1.54, 1.807) is 13.8 Å². The van der Waals surface area contributed by atoms with E-state index in [1.807, 2.05) is 39.3 Å². The van der Waals surface area contributed by atoms with Crippen LogP contribution in [0.2, 0.25) is 39.3 Å². The van der Waals surface area contributed by atoms with Crippen LogP contribution in [0.15, 0.2) is 0 Å². The fourth-order valence-electron chi connectivity index (χ4n) is 0. The molecule has 0 aliphatic rings. The molecule has 0 radical (unpaired) electrons. The molecule has 4 nitrogen and oxygen atoms in total. The fraction of sp³-hybridized carbons (Fsp3) is 1.00. The van der Waals surface area contributed by atoms with E-state index in [1.165, 1.54) is 0 Å². The van der Waals surface area contributed by atoms with E-state index in [0.717, 1.165) is 0 Å². The van der Waals surface area contributed by atoms with Crippen LogP contribution in [0, 0.1) is 0 Å². The predicted molar refractivity (Wildman–Crippen MR) is 76.6 cm³/mol. The van der Waals surface area contributed by atoms with E-state index in [-0.39, 0.29) is 39.4 Å². The number of aliphatic hydroxyl groups is 2. The monoisotopic (exact) mass is 362 g/mol. The summed E-state index contributed by atoms with van der Waals surface area (Å²) in [6.45, 7) is 15.2. The number of rotatable bonds is 0. The molecule has 108 valence electrons. The van der Waals surface area contributed by atoms with Gasteiger partial charge in [0.2, 0.25) is 0 Å². The third-order valence-corrected chi connectivity index (χ3v) is 0. The van der Waals surface area contributed by atoms with Gasteiger partial charge in [0.15, 0.2) is 16.6 Å². The van der Waals surface area contributed by atoms with Crippen molar-refractivity contribution in [1.82, 2.24) is 0 Å². The average molecular weight is 364 g/mol. The Hall–Kier alpha value is 1.16. The van der Waals surface area contributed by atoms with Gasteiger partial charge in [-0.2, -0.15) is 0 Å². The summed E-state index contributed by atoms with van der Waals surface area (Å²) in [6, 6.07) is 0. The number of hydrogen-bond acceptors (Lipinski definition) is 4. The first kappa shape index (κ1) is 30.9. The Bertz CT molecular complexity index is 87.9. The van der Waals surface area contributed by atoms with Gasteiger partial charge in [0.05, 0.1) is 0 Å². The summed E-state index contributed by atoms with van der Waals surface area (Å²) < 4.78 is 0. The van der Waals surface area contributed by atoms with Gasteiger partial charge >= 0.3 is 0 Å². The first-order valence-corrected chi connectivity index (χ1v) is 12.4. The molecular formula is C10H32O4Si2Zr. The van der Waals surface area contributed by atoms with Gasteiger partial charge in [-0.1, -0.05) is 0 Å². The molecule has 0 aliphatic heterocycles. The van der Waals surface area contributed by atoms with E-state index in [0.29, 0.717) is 0 Å². The third kappa shape index (κ3) is 2940. The van der Waals surface area contributed by atoms with Crippen molar-refractivity contribution in [3.8, 4) is 0 Å². The topological polar surface area (TPSA) is 80.9 Å². The van der Waals surface area contributed by atoms with Crippen LogP contribution < -0.4 is 0 Å². The molecular weight excluding hydrogens is 332 g/mol. The van der Waals surface area contributed by atoms with Gasteiger partial charge in [0, 0.05) is 39.4 Å². The van der Waals surface area contributed by atoms with E-state index in [9.17, 15) is 0 Å². The first-order valence-electron chi connectivity index (χ1n) is 5.49. The second kappa shape index (κ2) is 19.5. The fourth-order valence-corrected chi connectivity index (χ4v) is 0. The smallest absolute Gasteiger partial charge is 0.179 e. The summed E-state index contributed by atoms with van der Waals surface area (Å²) in [5, 5.41) is 15.1. The van der Waals surface area contributed by atoms with Crippen LogP contribution in [-0.4, -0.2) is 49.7 Å². The standard InChI is InChI=1S/2C3H10OSi.2C2H6O.Zr/c2*1-5(2,3)4;2*1-2-3;/h2*4H,1-3H3;2*3H,2H2,1H3;. The zero-order chi connectivity index (χ0) is 14.4. The molecule has 7 heteroatoms. The molecule has 0 atom stereocenters. The van der Waals surface area contributed by atoms with E-state index >= 15 is 0 Å². The van der Waals surface area contributed by atoms with Crippen molar-refractivity contribution in [2.24, 2.45) is 0 Å². The molecule has 17 heavy (non-hydrogen) atoms. The van der Waals surface area contributed by atoms with Crippen LogP contribution in [0.3, 0.4) is 0 Å². The van der Waals surface area contributed by atoms with Gasteiger partial charge in [-0.05, 0) is 53.1 Å². The summed E-state index contributed by atoms with van der Waals surface area (Å²) in [5.41, 5.74) is 0. The van der Waals surface area contributed by atoms with Crippen LogP contribution in [0.5, 0.6) is 0 Å². The van der Waals surface area contributed by atoms with Crippen molar-refractivity contribution in [2.45, 2.75) is 53.1 Å². The summed E-state index contributed by atoms with van der Waals surface area (Å²) in [7, 11) is -3.22. The zero-order valence-corrected chi connectivity index (χ0v) is 17.2. The van der Waals surface area contributed by atoms with Crippen molar-refractivity contribution < 1.29 is 46.0 Å². The molecule has 0 aliphatic carbocycles. The molecule has 0 aromatic carbocycles. The zero-order valence-electron chi connectivity index (χ0n) is 12.7. The molecule has 0 rings (SSSR count). The summed E-state index contributed by atoms with van der Waals surface area (Å²) in [4.78, 5) is 17.3. The average Bonchev–Trinajstić information content (AvgIpc) is 1.79. The van der Waals surface area contributed by atoms with Gasteiger partial charge in [-0.15, -0.1) is 0 Å². The minimum Gasteiger partial charge on any atom is -0.433 e. The van der Waals surface area contributed by atoms with E-state index < -0.39 is 16.6 Å². The second-order valence-electron chi connectivity index (χ2n) is 4.97. The Morgan fingerprint density at radius 2 is 0.647 bits per heavy atom.